The van der Waals surface area contributed by atoms with Crippen LogP contribution in [0.2, 0.25) is 5.02 Å². The van der Waals surface area contributed by atoms with E-state index in [2.05, 4.69) is 9.98 Å². The van der Waals surface area contributed by atoms with Crippen molar-refractivity contribution in [3.8, 4) is 22.7 Å². The molecule has 0 unspecified atom stereocenters. The fourth-order valence-electron chi connectivity index (χ4n) is 3.53. The second kappa shape index (κ2) is 9.77. The van der Waals surface area contributed by atoms with Gasteiger partial charge in [-0.25, -0.2) is 9.67 Å². The van der Waals surface area contributed by atoms with Crippen LogP contribution in [-0.4, -0.2) is 44.9 Å². The monoisotopic (exact) mass is 501 g/mol. The molecule has 1 aliphatic heterocycles. The Balaban J connectivity index is 1.56. The Bertz CT molecular complexity index is 1450. The van der Waals surface area contributed by atoms with Crippen molar-refractivity contribution in [3.63, 3.8) is 0 Å². The average molecular weight is 502 g/mol. The van der Waals surface area contributed by atoms with Crippen LogP contribution in [0.1, 0.15) is 5.56 Å². The van der Waals surface area contributed by atoms with Crippen molar-refractivity contribution < 1.29 is 9.53 Å². The number of nitrogens with zero attached hydrogens (tertiary/aromatic N) is 5. The molecule has 0 spiro atoms. The van der Waals surface area contributed by atoms with E-state index in [4.69, 9.17) is 21.4 Å². The van der Waals surface area contributed by atoms with Crippen LogP contribution in [0.4, 0.5) is 5.69 Å². The van der Waals surface area contributed by atoms with E-state index in [0.717, 1.165) is 28.3 Å². The van der Waals surface area contributed by atoms with Crippen molar-refractivity contribution >= 4 is 46.2 Å². The van der Waals surface area contributed by atoms with E-state index in [9.17, 15) is 4.79 Å². The van der Waals surface area contributed by atoms with Crippen molar-refractivity contribution in [2.75, 3.05) is 14.2 Å². The number of ether oxygens (including phenoxy) is 1. The van der Waals surface area contributed by atoms with Crippen LogP contribution >= 0.6 is 23.4 Å². The van der Waals surface area contributed by atoms with Crippen LogP contribution in [-0.2, 0) is 4.79 Å². The van der Waals surface area contributed by atoms with Gasteiger partial charge in [-0.3, -0.25) is 14.7 Å². The number of aromatic nitrogens is 3. The molecule has 0 bridgehead atoms. The highest BCUT2D eigenvalue weighted by molar-refractivity contribution is 8.18. The van der Waals surface area contributed by atoms with Gasteiger partial charge in [0.05, 0.1) is 34.1 Å². The zero-order chi connectivity index (χ0) is 24.4. The largest absolute Gasteiger partial charge is 0.497 e. The highest BCUT2D eigenvalue weighted by Crippen LogP contribution is 2.36. The van der Waals surface area contributed by atoms with Crippen molar-refractivity contribution in [2.45, 2.75) is 0 Å². The highest BCUT2D eigenvalue weighted by Gasteiger charge is 2.31. The Morgan fingerprint density at radius 2 is 1.86 bits per heavy atom. The Morgan fingerprint density at radius 1 is 1.09 bits per heavy atom. The number of likely N-dealkylation sites (N-methyl/N-ethyl adjacent to an activating group) is 1. The Labute approximate surface area is 211 Å². The summed E-state index contributed by atoms with van der Waals surface area (Å²) in [6.45, 7) is 0. The van der Waals surface area contributed by atoms with E-state index in [1.165, 1.54) is 22.9 Å². The zero-order valence-electron chi connectivity index (χ0n) is 18.9. The second-order valence-electron chi connectivity index (χ2n) is 7.64. The molecule has 5 rings (SSSR count). The summed E-state index contributed by atoms with van der Waals surface area (Å²) in [5, 5.41) is 5.79. The molecular formula is C26H20ClN5O2S. The molecule has 1 saturated heterocycles. The lowest BCUT2D eigenvalue weighted by Crippen LogP contribution is -2.23. The third kappa shape index (κ3) is 4.71. The fraction of sp³-hybridized carbons (Fsp3) is 0.0769. The van der Waals surface area contributed by atoms with Gasteiger partial charge in [0.15, 0.2) is 5.17 Å². The Kier molecular flexibility index (Phi) is 6.39. The van der Waals surface area contributed by atoms with Gasteiger partial charge in [0.25, 0.3) is 5.91 Å². The summed E-state index contributed by atoms with van der Waals surface area (Å²) in [4.78, 5) is 23.7. The van der Waals surface area contributed by atoms with Gasteiger partial charge >= 0.3 is 0 Å². The smallest absolute Gasteiger partial charge is 0.266 e. The lowest BCUT2D eigenvalue weighted by Gasteiger charge is -2.07. The summed E-state index contributed by atoms with van der Waals surface area (Å²) in [6.07, 6.45) is 6.91. The maximum atomic E-state index is 13.1. The molecule has 0 aliphatic carbocycles. The summed E-state index contributed by atoms with van der Waals surface area (Å²) >= 11 is 7.50. The van der Waals surface area contributed by atoms with Crippen molar-refractivity contribution in [3.05, 3.63) is 94.7 Å². The highest BCUT2D eigenvalue weighted by atomic mass is 35.5. The maximum Gasteiger partial charge on any atom is 0.266 e. The predicted octanol–water partition coefficient (Wildman–Crippen LogP) is 5.83. The molecule has 0 atom stereocenters. The van der Waals surface area contributed by atoms with Crippen LogP contribution in [0.5, 0.6) is 5.75 Å². The number of amides is 1. The predicted molar refractivity (Wildman–Crippen MR) is 140 cm³/mol. The van der Waals surface area contributed by atoms with Gasteiger partial charge in [-0.1, -0.05) is 29.8 Å². The van der Waals surface area contributed by atoms with E-state index in [-0.39, 0.29) is 5.91 Å². The SMILES string of the molecule is COc1ccc(-c2nn(-c3ccccc3)cc2/C=C2\SC(=Nc3ccncc3Cl)N(C)C2=O)cc1. The molecule has 0 saturated carbocycles. The minimum atomic E-state index is -0.146. The molecule has 1 aliphatic rings. The van der Waals surface area contributed by atoms with Gasteiger partial charge in [0.1, 0.15) is 5.75 Å². The summed E-state index contributed by atoms with van der Waals surface area (Å²) in [7, 11) is 3.33. The standard InChI is InChI=1S/C26H20ClN5O2S/c1-31-25(33)23(35-26(31)29-22-12-13-28-15-21(22)27)14-18-16-32(19-6-4-3-5-7-19)30-24(18)17-8-10-20(34-2)11-9-17/h3-16H,1-2H3/b23-14-,29-26?. The number of carbonyl (C=O) groups excluding carboxylic acids is 1. The number of rotatable bonds is 5. The minimum Gasteiger partial charge on any atom is -0.497 e. The molecule has 7 nitrogen and oxygen atoms in total. The molecule has 0 N–H and O–H groups in total. The van der Waals surface area contributed by atoms with Crippen molar-refractivity contribution in [2.24, 2.45) is 4.99 Å². The lowest BCUT2D eigenvalue weighted by molar-refractivity contribution is -0.121. The zero-order valence-corrected chi connectivity index (χ0v) is 20.5. The number of para-hydroxylation sites is 1. The molecule has 1 amide bonds. The van der Waals surface area contributed by atoms with Crippen LogP contribution in [0.3, 0.4) is 0 Å². The molecule has 2 aromatic heterocycles. The van der Waals surface area contributed by atoms with Gasteiger partial charge in [-0.15, -0.1) is 0 Å². The molecule has 9 heteroatoms. The first-order valence-electron chi connectivity index (χ1n) is 10.7. The van der Waals surface area contributed by atoms with Gasteiger partial charge < -0.3 is 4.74 Å². The third-order valence-corrected chi connectivity index (χ3v) is 6.74. The average Bonchev–Trinajstić information content (AvgIpc) is 3.43. The summed E-state index contributed by atoms with van der Waals surface area (Å²) in [5.41, 5.74) is 3.95. The van der Waals surface area contributed by atoms with E-state index >= 15 is 0 Å². The number of halogens is 1. The third-order valence-electron chi connectivity index (χ3n) is 5.38. The van der Waals surface area contributed by atoms with Crippen LogP contribution in [0.25, 0.3) is 23.0 Å². The quantitative estimate of drug-likeness (QED) is 0.322. The van der Waals surface area contributed by atoms with Gasteiger partial charge in [0, 0.05) is 36.8 Å². The van der Waals surface area contributed by atoms with Crippen molar-refractivity contribution in [1.29, 1.82) is 0 Å². The number of methoxy groups -OCH3 is 1. The number of amidine groups is 1. The molecular weight excluding hydrogens is 482 g/mol. The first kappa shape index (κ1) is 22.9. The van der Waals surface area contributed by atoms with Gasteiger partial charge in [-0.2, -0.15) is 5.10 Å². The molecule has 1 fully saturated rings. The summed E-state index contributed by atoms with van der Waals surface area (Å²) in [6, 6.07) is 19.2. The van der Waals surface area contributed by atoms with E-state index in [1.807, 2.05) is 71.6 Å². The van der Waals surface area contributed by atoms with Gasteiger partial charge in [-0.05, 0) is 60.3 Å². The first-order valence-corrected chi connectivity index (χ1v) is 11.9. The number of benzene rings is 2. The fourth-order valence-corrected chi connectivity index (χ4v) is 4.67. The molecule has 0 radical (unpaired) electrons. The van der Waals surface area contributed by atoms with Crippen LogP contribution in [0.15, 0.2) is 89.2 Å². The van der Waals surface area contributed by atoms with E-state index in [1.54, 1.807) is 26.4 Å². The minimum absolute atomic E-state index is 0.146. The lowest BCUT2D eigenvalue weighted by atomic mass is 10.1. The van der Waals surface area contributed by atoms with Crippen LogP contribution in [0, 0.1) is 0 Å². The number of aliphatic imine (C=N–C) groups is 1. The van der Waals surface area contributed by atoms with E-state index in [0.29, 0.717) is 20.8 Å². The number of carbonyl (C=O) groups is 1. The Morgan fingerprint density at radius 3 is 2.57 bits per heavy atom. The van der Waals surface area contributed by atoms with Crippen molar-refractivity contribution in [1.82, 2.24) is 19.7 Å². The van der Waals surface area contributed by atoms with Crippen LogP contribution < -0.4 is 4.74 Å². The normalized spacial score (nSPS) is 15.9. The Hall–Kier alpha value is -3.88. The molecule has 4 aromatic rings. The molecule has 174 valence electrons. The first-order chi connectivity index (χ1) is 17.0. The second-order valence-corrected chi connectivity index (χ2v) is 9.05. The number of hydrogen-bond acceptors (Lipinski definition) is 6. The molecule has 35 heavy (non-hydrogen) atoms. The summed E-state index contributed by atoms with van der Waals surface area (Å²) in [5.74, 6) is 0.613. The molecule has 2 aromatic carbocycles. The number of hydrogen-bond donors (Lipinski definition) is 0. The number of pyridine rings is 1. The topological polar surface area (TPSA) is 72.6 Å². The number of thioether (sulfide) groups is 1. The summed E-state index contributed by atoms with van der Waals surface area (Å²) < 4.78 is 7.11. The van der Waals surface area contributed by atoms with Gasteiger partial charge in [0.2, 0.25) is 0 Å². The molecule has 3 heterocycles. The maximum absolute atomic E-state index is 13.1. The van der Waals surface area contributed by atoms with E-state index < -0.39 is 0 Å².